The van der Waals surface area contributed by atoms with Crippen LogP contribution in [0.15, 0.2) is 23.0 Å². The molecule has 0 amide bonds. The maximum absolute atomic E-state index is 12.6. The molecule has 10 nitrogen and oxygen atoms in total. The minimum atomic E-state index is -1.89. The van der Waals surface area contributed by atoms with Gasteiger partial charge in [-0.1, -0.05) is 0 Å². The summed E-state index contributed by atoms with van der Waals surface area (Å²) in [5.74, 6) is -4.52. The van der Waals surface area contributed by atoms with Crippen LogP contribution in [0.25, 0.3) is 0 Å². The van der Waals surface area contributed by atoms with Gasteiger partial charge in [0.05, 0.1) is 11.2 Å². The monoisotopic (exact) mass is 438 g/mol. The molecule has 4 atom stereocenters. The van der Waals surface area contributed by atoms with E-state index in [1.54, 1.807) is 6.92 Å². The zero-order valence-corrected chi connectivity index (χ0v) is 18.1. The van der Waals surface area contributed by atoms with Crippen LogP contribution in [0.2, 0.25) is 0 Å². The van der Waals surface area contributed by atoms with Crippen molar-refractivity contribution in [3.05, 3.63) is 23.0 Å². The topological polar surface area (TPSA) is 135 Å². The summed E-state index contributed by atoms with van der Waals surface area (Å²) in [6.45, 7) is 6.33. The van der Waals surface area contributed by atoms with Crippen LogP contribution in [0.4, 0.5) is 0 Å². The zero-order chi connectivity index (χ0) is 23.2. The third-order valence-electron chi connectivity index (χ3n) is 5.66. The predicted octanol–water partition coefficient (Wildman–Crippen LogP) is 1.20. The smallest absolute Gasteiger partial charge is 0.343 e. The van der Waals surface area contributed by atoms with E-state index in [9.17, 15) is 24.3 Å². The second kappa shape index (κ2) is 7.76. The van der Waals surface area contributed by atoms with Crippen LogP contribution in [0.3, 0.4) is 0 Å². The van der Waals surface area contributed by atoms with Crippen molar-refractivity contribution in [2.24, 2.45) is 0 Å². The van der Waals surface area contributed by atoms with Crippen molar-refractivity contribution in [3.8, 4) is 0 Å². The Morgan fingerprint density at radius 3 is 2.39 bits per heavy atom. The summed E-state index contributed by atoms with van der Waals surface area (Å²) in [6, 6.07) is 0. The number of esters is 4. The summed E-state index contributed by atoms with van der Waals surface area (Å²) in [7, 11) is 0. The highest BCUT2D eigenvalue weighted by Gasteiger charge is 2.61. The molecule has 0 aliphatic carbocycles. The first-order valence-corrected chi connectivity index (χ1v) is 9.89. The lowest BCUT2D eigenvalue weighted by Gasteiger charge is -2.42. The average Bonchev–Trinajstić information content (AvgIpc) is 3.08. The number of carbonyl (C=O) groups is 4. The molecule has 3 rings (SSSR count). The van der Waals surface area contributed by atoms with Crippen molar-refractivity contribution < 1.29 is 48.0 Å². The highest BCUT2D eigenvalue weighted by Crippen LogP contribution is 2.50. The fraction of sp³-hybridized carbons (Fsp3) is 0.619. The van der Waals surface area contributed by atoms with Gasteiger partial charge in [-0.15, -0.1) is 0 Å². The van der Waals surface area contributed by atoms with Crippen molar-refractivity contribution in [2.45, 2.75) is 77.0 Å². The number of carbonyl (C=O) groups excluding carboxylic acids is 4. The van der Waals surface area contributed by atoms with Gasteiger partial charge in [0, 0.05) is 39.2 Å². The number of ether oxygens (including phenoxy) is 5. The van der Waals surface area contributed by atoms with Crippen LogP contribution in [-0.4, -0.2) is 58.7 Å². The Labute approximate surface area is 179 Å². The molecule has 1 N–H and O–H groups in total. The van der Waals surface area contributed by atoms with Crippen molar-refractivity contribution >= 4 is 23.9 Å². The van der Waals surface area contributed by atoms with Gasteiger partial charge in [-0.25, -0.2) is 4.79 Å². The second-order valence-corrected chi connectivity index (χ2v) is 8.40. The second-order valence-electron chi connectivity index (χ2n) is 8.40. The maximum atomic E-state index is 12.6. The van der Waals surface area contributed by atoms with Gasteiger partial charge >= 0.3 is 23.9 Å². The molecule has 0 aromatic rings. The maximum Gasteiger partial charge on any atom is 0.343 e. The van der Waals surface area contributed by atoms with Crippen LogP contribution >= 0.6 is 0 Å². The van der Waals surface area contributed by atoms with Crippen LogP contribution in [0.1, 0.15) is 53.9 Å². The Morgan fingerprint density at radius 2 is 1.81 bits per heavy atom. The molecule has 3 aliphatic heterocycles. The Morgan fingerprint density at radius 1 is 1.13 bits per heavy atom. The van der Waals surface area contributed by atoms with Gasteiger partial charge in [0.25, 0.3) is 0 Å². The Balaban J connectivity index is 2.21. The number of rotatable bonds is 4. The van der Waals surface area contributed by atoms with Crippen LogP contribution in [-0.2, 0) is 42.9 Å². The third-order valence-corrected chi connectivity index (χ3v) is 5.66. The molecule has 0 radical (unpaired) electrons. The minimum absolute atomic E-state index is 0.00811. The standard InChI is InChI=1S/C21H26O10/c1-11(22)27-10-14-17-15(29-18(14)25)8-19(4)6-7-21(26,31-19)20(5,30-13(3)24)9-16(17)28-12(2)23/h8,16,26H,6-7,9-10H2,1-5H3/t16-,19+,20+,21-/m1/s1. The van der Waals surface area contributed by atoms with E-state index in [1.807, 2.05) is 0 Å². The molecule has 170 valence electrons. The molecule has 2 bridgehead atoms. The highest BCUT2D eigenvalue weighted by molar-refractivity contribution is 5.95. The van der Waals surface area contributed by atoms with Gasteiger partial charge < -0.3 is 28.8 Å². The molecule has 0 aromatic carbocycles. The first kappa shape index (κ1) is 23.0. The fourth-order valence-corrected chi connectivity index (χ4v) is 4.26. The summed E-state index contributed by atoms with van der Waals surface area (Å²) in [4.78, 5) is 47.7. The largest absolute Gasteiger partial charge is 0.461 e. The van der Waals surface area contributed by atoms with Gasteiger partial charge in [-0.2, -0.15) is 0 Å². The summed E-state index contributed by atoms with van der Waals surface area (Å²) in [5, 5.41) is 11.3. The number of aliphatic hydroxyl groups is 1. The molecule has 1 fully saturated rings. The lowest BCUT2D eigenvalue weighted by atomic mass is 9.82. The van der Waals surface area contributed by atoms with Crippen LogP contribution in [0, 0.1) is 0 Å². The van der Waals surface area contributed by atoms with E-state index in [0.29, 0.717) is 6.42 Å². The van der Waals surface area contributed by atoms with Crippen molar-refractivity contribution in [1.82, 2.24) is 0 Å². The quantitative estimate of drug-likeness (QED) is 0.504. The lowest BCUT2D eigenvalue weighted by molar-refractivity contribution is -0.302. The normalized spacial score (nSPS) is 34.6. The first-order chi connectivity index (χ1) is 14.3. The average molecular weight is 438 g/mol. The highest BCUT2D eigenvalue weighted by atomic mass is 16.7. The molecule has 0 saturated carbocycles. The molecule has 10 heteroatoms. The molecule has 0 aromatic heterocycles. The van der Waals surface area contributed by atoms with E-state index < -0.39 is 53.6 Å². The molecular weight excluding hydrogens is 412 g/mol. The van der Waals surface area contributed by atoms with Crippen LogP contribution in [0.5, 0.6) is 0 Å². The SMILES string of the molecule is CC(=O)OCC1=C2C(=C[C@]3(C)CC[C@@](O)(O3)[C@@](C)(OC(C)=O)C[C@H]2OC(C)=O)OC1=O. The van der Waals surface area contributed by atoms with E-state index >= 15 is 0 Å². The first-order valence-electron chi connectivity index (χ1n) is 9.89. The van der Waals surface area contributed by atoms with Gasteiger partial charge in [-0.05, 0) is 26.3 Å². The van der Waals surface area contributed by atoms with E-state index in [-0.39, 0.29) is 29.7 Å². The van der Waals surface area contributed by atoms with Crippen molar-refractivity contribution in [3.63, 3.8) is 0 Å². The number of hydrogen-bond donors (Lipinski definition) is 1. The van der Waals surface area contributed by atoms with E-state index in [0.717, 1.165) is 0 Å². The third kappa shape index (κ3) is 4.35. The minimum Gasteiger partial charge on any atom is -0.461 e. The van der Waals surface area contributed by atoms with Crippen molar-refractivity contribution in [1.29, 1.82) is 0 Å². The molecule has 0 unspecified atom stereocenters. The van der Waals surface area contributed by atoms with Crippen LogP contribution < -0.4 is 0 Å². The molecule has 1 saturated heterocycles. The molecule has 3 heterocycles. The van der Waals surface area contributed by atoms with Gasteiger partial charge in [0.1, 0.15) is 18.5 Å². The summed E-state index contributed by atoms with van der Waals surface area (Å²) in [5.41, 5.74) is -2.53. The Kier molecular flexibility index (Phi) is 5.74. The van der Waals surface area contributed by atoms with E-state index in [1.165, 1.54) is 33.8 Å². The number of hydrogen-bond acceptors (Lipinski definition) is 10. The summed E-state index contributed by atoms with van der Waals surface area (Å²) in [6.07, 6.45) is 0.602. The molecule has 31 heavy (non-hydrogen) atoms. The van der Waals surface area contributed by atoms with Gasteiger partial charge in [0.2, 0.25) is 5.79 Å². The van der Waals surface area contributed by atoms with Crippen molar-refractivity contribution in [2.75, 3.05) is 6.61 Å². The zero-order valence-electron chi connectivity index (χ0n) is 18.1. The Hall–Kier alpha value is -2.72. The fourth-order valence-electron chi connectivity index (χ4n) is 4.26. The van der Waals surface area contributed by atoms with Gasteiger partial charge in [-0.3, -0.25) is 14.4 Å². The summed E-state index contributed by atoms with van der Waals surface area (Å²) >= 11 is 0. The summed E-state index contributed by atoms with van der Waals surface area (Å²) < 4.78 is 27.3. The molecular formula is C21H26O10. The molecule has 3 aliphatic rings. The predicted molar refractivity (Wildman–Crippen MR) is 102 cm³/mol. The Bertz CT molecular complexity index is 902. The van der Waals surface area contributed by atoms with Gasteiger partial charge in [0.15, 0.2) is 5.60 Å². The van der Waals surface area contributed by atoms with E-state index in [2.05, 4.69) is 0 Å². The number of fused-ring (bicyclic) bond motifs is 3. The molecule has 0 spiro atoms. The lowest BCUT2D eigenvalue weighted by Crippen LogP contribution is -2.57. The van der Waals surface area contributed by atoms with E-state index in [4.69, 9.17) is 23.7 Å².